The number of rotatable bonds is 2. The Morgan fingerprint density at radius 3 is 2.88 bits per heavy atom. The maximum Gasteiger partial charge on any atom is 0.125 e. The zero-order valence-corrected chi connectivity index (χ0v) is 11.3. The average molecular weight is 308 g/mol. The average Bonchev–Trinajstić information content (AvgIpc) is 2.98. The van der Waals surface area contributed by atoms with Crippen LogP contribution in [0.15, 0.2) is 50.9 Å². The van der Waals surface area contributed by atoms with Crippen LogP contribution in [-0.2, 0) is 0 Å². The van der Waals surface area contributed by atoms with E-state index >= 15 is 0 Å². The maximum atomic E-state index is 6.22. The van der Waals surface area contributed by atoms with Crippen LogP contribution in [0.25, 0.3) is 10.1 Å². The van der Waals surface area contributed by atoms with Crippen molar-refractivity contribution in [2.75, 3.05) is 0 Å². The van der Waals surface area contributed by atoms with Gasteiger partial charge in [0.1, 0.15) is 5.76 Å². The van der Waals surface area contributed by atoms with E-state index in [0.717, 1.165) is 15.8 Å². The van der Waals surface area contributed by atoms with Gasteiger partial charge in [-0.2, -0.15) is 0 Å². The molecule has 0 spiro atoms. The zero-order chi connectivity index (χ0) is 11.8. The van der Waals surface area contributed by atoms with Gasteiger partial charge in [-0.1, -0.05) is 12.1 Å². The molecule has 0 aliphatic heterocycles. The molecule has 86 valence electrons. The van der Waals surface area contributed by atoms with E-state index in [0.29, 0.717) is 0 Å². The van der Waals surface area contributed by atoms with Gasteiger partial charge in [-0.05, 0) is 50.5 Å². The number of furan rings is 1. The van der Waals surface area contributed by atoms with Gasteiger partial charge < -0.3 is 10.2 Å². The van der Waals surface area contributed by atoms with Crippen LogP contribution < -0.4 is 5.73 Å². The van der Waals surface area contributed by atoms with Crippen LogP contribution in [0.5, 0.6) is 0 Å². The normalized spacial score (nSPS) is 13.1. The first kappa shape index (κ1) is 11.0. The molecule has 0 fully saturated rings. The minimum Gasteiger partial charge on any atom is -0.467 e. The monoisotopic (exact) mass is 307 g/mol. The minimum absolute atomic E-state index is 0.201. The van der Waals surface area contributed by atoms with Crippen LogP contribution >= 0.6 is 27.3 Å². The van der Waals surface area contributed by atoms with Crippen LogP contribution in [0.4, 0.5) is 0 Å². The summed E-state index contributed by atoms with van der Waals surface area (Å²) in [6, 6.07) is 9.73. The second-order valence-corrected chi connectivity index (χ2v) is 5.53. The summed E-state index contributed by atoms with van der Waals surface area (Å²) in [6.07, 6.45) is 1.65. The van der Waals surface area contributed by atoms with Crippen molar-refractivity contribution in [3.8, 4) is 0 Å². The van der Waals surface area contributed by atoms with Crippen LogP contribution in [0.3, 0.4) is 0 Å². The molecule has 0 saturated heterocycles. The summed E-state index contributed by atoms with van der Waals surface area (Å²) in [6.45, 7) is 0. The van der Waals surface area contributed by atoms with Crippen LogP contribution in [0, 0.1) is 0 Å². The summed E-state index contributed by atoms with van der Waals surface area (Å²) < 4.78 is 7.70. The van der Waals surface area contributed by atoms with Crippen molar-refractivity contribution in [1.29, 1.82) is 0 Å². The highest BCUT2D eigenvalue weighted by atomic mass is 79.9. The molecule has 17 heavy (non-hydrogen) atoms. The lowest BCUT2D eigenvalue weighted by atomic mass is 10.0. The molecule has 0 aliphatic rings. The Hall–Kier alpha value is -1.10. The Labute approximate surface area is 111 Å². The second-order valence-electron chi connectivity index (χ2n) is 3.80. The highest BCUT2D eigenvalue weighted by molar-refractivity contribution is 9.10. The molecule has 2 N–H and O–H groups in total. The van der Waals surface area contributed by atoms with Gasteiger partial charge in [-0.15, -0.1) is 11.3 Å². The van der Waals surface area contributed by atoms with Gasteiger partial charge in [-0.25, -0.2) is 0 Å². The van der Waals surface area contributed by atoms with E-state index in [2.05, 4.69) is 27.4 Å². The van der Waals surface area contributed by atoms with E-state index in [1.54, 1.807) is 17.6 Å². The number of hydrogen-bond acceptors (Lipinski definition) is 3. The van der Waals surface area contributed by atoms with Crippen molar-refractivity contribution >= 4 is 37.4 Å². The third-order valence-electron chi connectivity index (χ3n) is 2.77. The van der Waals surface area contributed by atoms with Crippen LogP contribution in [-0.4, -0.2) is 0 Å². The number of benzene rings is 1. The van der Waals surface area contributed by atoms with Crippen molar-refractivity contribution in [1.82, 2.24) is 0 Å². The van der Waals surface area contributed by atoms with Gasteiger partial charge >= 0.3 is 0 Å². The van der Waals surface area contributed by atoms with E-state index in [9.17, 15) is 0 Å². The molecule has 2 nitrogen and oxygen atoms in total. The standard InChI is InChI=1S/C13H10BrNOS/c14-10-4-1-3-8-9(7-17-13(8)10)12(15)11-5-2-6-16-11/h1-7,12H,15H2. The smallest absolute Gasteiger partial charge is 0.125 e. The van der Waals surface area contributed by atoms with Gasteiger partial charge in [0.05, 0.1) is 12.3 Å². The molecule has 4 heteroatoms. The summed E-state index contributed by atoms with van der Waals surface area (Å²) in [4.78, 5) is 0. The summed E-state index contributed by atoms with van der Waals surface area (Å²) >= 11 is 5.25. The van der Waals surface area contributed by atoms with E-state index in [1.807, 2.05) is 24.3 Å². The largest absolute Gasteiger partial charge is 0.467 e. The topological polar surface area (TPSA) is 39.2 Å². The lowest BCUT2D eigenvalue weighted by Gasteiger charge is -2.07. The molecule has 1 atom stereocenters. The van der Waals surface area contributed by atoms with Crippen molar-refractivity contribution in [3.63, 3.8) is 0 Å². The molecule has 0 radical (unpaired) electrons. The summed E-state index contributed by atoms with van der Waals surface area (Å²) in [5, 5.41) is 3.29. The van der Waals surface area contributed by atoms with E-state index in [-0.39, 0.29) is 6.04 Å². The molecule has 2 aromatic heterocycles. The predicted octanol–water partition coefficient (Wildman–Crippen LogP) is 4.30. The third kappa shape index (κ3) is 1.82. The Kier molecular flexibility index (Phi) is 2.78. The van der Waals surface area contributed by atoms with Gasteiger partial charge in [0.2, 0.25) is 0 Å². The lowest BCUT2D eigenvalue weighted by molar-refractivity contribution is 0.491. The van der Waals surface area contributed by atoms with Crippen LogP contribution in [0.1, 0.15) is 17.4 Å². The fourth-order valence-electron chi connectivity index (χ4n) is 1.90. The molecular weight excluding hydrogens is 298 g/mol. The molecule has 0 saturated carbocycles. The first-order valence-electron chi connectivity index (χ1n) is 5.22. The number of fused-ring (bicyclic) bond motifs is 1. The van der Waals surface area contributed by atoms with Crippen molar-refractivity contribution in [3.05, 3.63) is 57.8 Å². The summed E-state index contributed by atoms with van der Waals surface area (Å²) in [5.41, 5.74) is 7.33. The SMILES string of the molecule is NC(c1ccco1)c1csc2c(Br)cccc12. The van der Waals surface area contributed by atoms with Gasteiger partial charge in [-0.3, -0.25) is 0 Å². The van der Waals surface area contributed by atoms with E-state index in [4.69, 9.17) is 10.2 Å². The number of hydrogen-bond donors (Lipinski definition) is 1. The number of nitrogens with two attached hydrogens (primary N) is 1. The highest BCUT2D eigenvalue weighted by Crippen LogP contribution is 2.36. The zero-order valence-electron chi connectivity index (χ0n) is 8.89. The molecule has 0 aliphatic carbocycles. The molecule has 1 unspecified atom stereocenters. The summed E-state index contributed by atoms with van der Waals surface area (Å²) in [5.74, 6) is 0.796. The third-order valence-corrected chi connectivity index (χ3v) is 4.74. The Balaban J connectivity index is 2.15. The van der Waals surface area contributed by atoms with E-state index in [1.165, 1.54) is 10.1 Å². The van der Waals surface area contributed by atoms with E-state index < -0.39 is 0 Å². The Bertz CT molecular complexity index is 645. The molecule has 0 amide bonds. The minimum atomic E-state index is -0.201. The number of thiophene rings is 1. The summed E-state index contributed by atoms with van der Waals surface area (Å²) in [7, 11) is 0. The molecule has 1 aromatic carbocycles. The first-order chi connectivity index (χ1) is 8.27. The first-order valence-corrected chi connectivity index (χ1v) is 6.89. The maximum absolute atomic E-state index is 6.22. The van der Waals surface area contributed by atoms with Gasteiger partial charge in [0, 0.05) is 9.17 Å². The molecule has 2 heterocycles. The molecule has 3 aromatic rings. The predicted molar refractivity (Wildman–Crippen MR) is 74.3 cm³/mol. The fraction of sp³-hybridized carbons (Fsp3) is 0.0769. The molecular formula is C13H10BrNOS. The molecule has 3 rings (SSSR count). The van der Waals surface area contributed by atoms with Crippen LogP contribution in [0.2, 0.25) is 0 Å². The second kappa shape index (κ2) is 4.29. The Morgan fingerprint density at radius 2 is 2.12 bits per heavy atom. The lowest BCUT2D eigenvalue weighted by Crippen LogP contribution is -2.09. The van der Waals surface area contributed by atoms with Crippen molar-refractivity contribution in [2.24, 2.45) is 5.73 Å². The Morgan fingerprint density at radius 1 is 1.24 bits per heavy atom. The van der Waals surface area contributed by atoms with Crippen molar-refractivity contribution < 1.29 is 4.42 Å². The van der Waals surface area contributed by atoms with Gasteiger partial charge in [0.15, 0.2) is 0 Å². The van der Waals surface area contributed by atoms with Crippen molar-refractivity contribution in [2.45, 2.75) is 6.04 Å². The molecule has 0 bridgehead atoms. The quantitative estimate of drug-likeness (QED) is 0.766. The highest BCUT2D eigenvalue weighted by Gasteiger charge is 2.16. The number of halogens is 1. The van der Waals surface area contributed by atoms with Gasteiger partial charge in [0.25, 0.3) is 0 Å². The fourth-order valence-corrected chi connectivity index (χ4v) is 3.56.